The van der Waals surface area contributed by atoms with Crippen LogP contribution in [0.4, 0.5) is 17.1 Å². The summed E-state index contributed by atoms with van der Waals surface area (Å²) in [6.45, 7) is 0. The molecule has 0 spiro atoms. The number of anilines is 3. The van der Waals surface area contributed by atoms with E-state index in [2.05, 4.69) is 77.7 Å². The fraction of sp³-hybridized carbons (Fsp3) is 0. The fourth-order valence-electron chi connectivity index (χ4n) is 4.05. The van der Waals surface area contributed by atoms with E-state index in [1.165, 1.54) is 0 Å². The van der Waals surface area contributed by atoms with Gasteiger partial charge in [-0.05, 0) is 58.7 Å². The zero-order chi connectivity index (χ0) is 22.6. The lowest BCUT2D eigenvalue weighted by Crippen LogP contribution is -2.10. The summed E-state index contributed by atoms with van der Waals surface area (Å²) in [5, 5.41) is 10.8. The smallest absolute Gasteiger partial charge is 0.119 e. The van der Waals surface area contributed by atoms with Gasteiger partial charge in [-0.3, -0.25) is 0 Å². The normalized spacial score (nSPS) is 10.7. The van der Waals surface area contributed by atoms with Crippen LogP contribution in [0.3, 0.4) is 0 Å². The van der Waals surface area contributed by atoms with Crippen molar-refractivity contribution < 1.29 is 5.11 Å². The zero-order valence-corrected chi connectivity index (χ0v) is 18.7. The first-order valence-electron chi connectivity index (χ1n) is 10.8. The molecule has 0 radical (unpaired) electrons. The molecule has 3 heteroatoms. The predicted octanol–water partition coefficient (Wildman–Crippen LogP) is 8.85. The molecule has 0 saturated carbocycles. The van der Waals surface area contributed by atoms with Crippen molar-refractivity contribution in [1.29, 1.82) is 0 Å². The van der Waals surface area contributed by atoms with Crippen molar-refractivity contribution in [2.24, 2.45) is 0 Å². The first kappa shape index (κ1) is 20.9. The van der Waals surface area contributed by atoms with Crippen LogP contribution in [-0.4, -0.2) is 5.11 Å². The van der Waals surface area contributed by atoms with Gasteiger partial charge in [0, 0.05) is 22.5 Å². The quantitative estimate of drug-likeness (QED) is 0.291. The molecular formula is C30H22ClNO. The molecule has 0 aliphatic heterocycles. The summed E-state index contributed by atoms with van der Waals surface area (Å²) in [5.41, 5.74) is 7.26. The van der Waals surface area contributed by atoms with Gasteiger partial charge in [0.1, 0.15) is 5.75 Å². The summed E-state index contributed by atoms with van der Waals surface area (Å²) in [6.07, 6.45) is 0. The first-order valence-corrected chi connectivity index (χ1v) is 11.2. The Bertz CT molecular complexity index is 1280. The summed E-state index contributed by atoms with van der Waals surface area (Å²) in [6, 6.07) is 42.5. The van der Waals surface area contributed by atoms with Crippen molar-refractivity contribution >= 4 is 28.7 Å². The van der Waals surface area contributed by atoms with Gasteiger partial charge in [0.2, 0.25) is 0 Å². The Kier molecular flexibility index (Phi) is 5.84. The van der Waals surface area contributed by atoms with Crippen LogP contribution >= 0.6 is 11.6 Å². The van der Waals surface area contributed by atoms with Gasteiger partial charge in [-0.1, -0.05) is 96.5 Å². The zero-order valence-electron chi connectivity index (χ0n) is 17.9. The van der Waals surface area contributed by atoms with Crippen molar-refractivity contribution in [3.05, 3.63) is 132 Å². The maximum Gasteiger partial charge on any atom is 0.119 e. The van der Waals surface area contributed by atoms with E-state index >= 15 is 0 Å². The topological polar surface area (TPSA) is 23.5 Å². The minimum atomic E-state index is 0.126. The standard InChI is InChI=1S/C30H22ClNO/c31-26-19-29(21-30(33)20-26)32(27-15-7-13-24(17-27)22-9-3-1-4-10-22)28-16-8-14-25(18-28)23-11-5-2-6-12-23/h1-21,33H. The van der Waals surface area contributed by atoms with Crippen molar-refractivity contribution in [3.8, 4) is 28.0 Å². The third-order valence-corrected chi connectivity index (χ3v) is 5.77. The number of phenols is 1. The van der Waals surface area contributed by atoms with Crippen LogP contribution in [0.5, 0.6) is 5.75 Å². The SMILES string of the molecule is Oc1cc(Cl)cc(N(c2cccc(-c3ccccc3)c2)c2cccc(-c3ccccc3)c2)c1. The summed E-state index contributed by atoms with van der Waals surface area (Å²) in [4.78, 5) is 2.12. The summed E-state index contributed by atoms with van der Waals surface area (Å²) in [5.74, 6) is 0.126. The van der Waals surface area contributed by atoms with E-state index in [0.29, 0.717) is 5.02 Å². The van der Waals surface area contributed by atoms with E-state index in [4.69, 9.17) is 11.6 Å². The van der Waals surface area contributed by atoms with Gasteiger partial charge in [0.25, 0.3) is 0 Å². The predicted molar refractivity (Wildman–Crippen MR) is 139 cm³/mol. The molecule has 0 atom stereocenters. The van der Waals surface area contributed by atoms with E-state index in [0.717, 1.165) is 39.3 Å². The Morgan fingerprint density at radius 2 is 0.939 bits per heavy atom. The third kappa shape index (κ3) is 4.62. The number of aromatic hydroxyl groups is 1. The highest BCUT2D eigenvalue weighted by atomic mass is 35.5. The van der Waals surface area contributed by atoms with Crippen molar-refractivity contribution in [2.75, 3.05) is 4.90 Å². The average Bonchev–Trinajstić information content (AvgIpc) is 2.85. The molecule has 2 nitrogen and oxygen atoms in total. The lowest BCUT2D eigenvalue weighted by molar-refractivity contribution is 0.475. The van der Waals surface area contributed by atoms with Gasteiger partial charge in [-0.15, -0.1) is 0 Å². The van der Waals surface area contributed by atoms with Gasteiger partial charge in [0.05, 0.1) is 5.69 Å². The van der Waals surface area contributed by atoms with E-state index in [1.54, 1.807) is 12.1 Å². The maximum atomic E-state index is 10.3. The van der Waals surface area contributed by atoms with Gasteiger partial charge < -0.3 is 10.0 Å². The summed E-state index contributed by atoms with van der Waals surface area (Å²) < 4.78 is 0. The van der Waals surface area contributed by atoms with Crippen LogP contribution in [0.2, 0.25) is 5.02 Å². The van der Waals surface area contributed by atoms with E-state index < -0.39 is 0 Å². The van der Waals surface area contributed by atoms with Crippen LogP contribution in [0.25, 0.3) is 22.3 Å². The Morgan fingerprint density at radius 3 is 1.42 bits per heavy atom. The molecule has 160 valence electrons. The molecule has 0 aliphatic carbocycles. The second-order valence-corrected chi connectivity index (χ2v) is 8.27. The lowest BCUT2D eigenvalue weighted by atomic mass is 10.0. The Labute approximate surface area is 199 Å². The second-order valence-electron chi connectivity index (χ2n) is 7.84. The maximum absolute atomic E-state index is 10.3. The Morgan fingerprint density at radius 1 is 0.455 bits per heavy atom. The molecule has 5 aromatic carbocycles. The van der Waals surface area contributed by atoms with E-state index in [1.807, 2.05) is 42.5 Å². The molecule has 0 unspecified atom stereocenters. The monoisotopic (exact) mass is 447 g/mol. The highest BCUT2D eigenvalue weighted by Gasteiger charge is 2.16. The van der Waals surface area contributed by atoms with E-state index in [9.17, 15) is 5.11 Å². The molecule has 0 bridgehead atoms. The van der Waals surface area contributed by atoms with Gasteiger partial charge in [0.15, 0.2) is 0 Å². The van der Waals surface area contributed by atoms with Crippen LogP contribution in [0.15, 0.2) is 127 Å². The average molecular weight is 448 g/mol. The lowest BCUT2D eigenvalue weighted by Gasteiger charge is -2.27. The van der Waals surface area contributed by atoms with Crippen LogP contribution in [0, 0.1) is 0 Å². The van der Waals surface area contributed by atoms with Crippen molar-refractivity contribution in [3.63, 3.8) is 0 Å². The molecule has 0 aromatic heterocycles. The molecule has 0 saturated heterocycles. The van der Waals surface area contributed by atoms with Crippen LogP contribution < -0.4 is 4.90 Å². The number of rotatable bonds is 5. The molecule has 5 aromatic rings. The fourth-order valence-corrected chi connectivity index (χ4v) is 4.27. The van der Waals surface area contributed by atoms with E-state index in [-0.39, 0.29) is 5.75 Å². The Balaban J connectivity index is 1.67. The summed E-state index contributed by atoms with van der Waals surface area (Å²) in [7, 11) is 0. The largest absolute Gasteiger partial charge is 0.508 e. The van der Waals surface area contributed by atoms with Crippen LogP contribution in [-0.2, 0) is 0 Å². The highest BCUT2D eigenvalue weighted by molar-refractivity contribution is 6.31. The number of halogens is 1. The van der Waals surface area contributed by atoms with Gasteiger partial charge >= 0.3 is 0 Å². The minimum absolute atomic E-state index is 0.126. The molecule has 0 heterocycles. The number of benzene rings is 5. The number of nitrogens with zero attached hydrogens (tertiary/aromatic N) is 1. The third-order valence-electron chi connectivity index (χ3n) is 5.55. The van der Waals surface area contributed by atoms with Gasteiger partial charge in [-0.2, -0.15) is 0 Å². The molecule has 0 amide bonds. The number of hydrogen-bond acceptors (Lipinski definition) is 2. The van der Waals surface area contributed by atoms with Crippen molar-refractivity contribution in [2.45, 2.75) is 0 Å². The molecule has 1 N–H and O–H groups in total. The molecule has 33 heavy (non-hydrogen) atoms. The van der Waals surface area contributed by atoms with Crippen molar-refractivity contribution in [1.82, 2.24) is 0 Å². The summed E-state index contributed by atoms with van der Waals surface area (Å²) >= 11 is 6.34. The van der Waals surface area contributed by atoms with Gasteiger partial charge in [-0.25, -0.2) is 0 Å². The minimum Gasteiger partial charge on any atom is -0.508 e. The number of hydrogen-bond donors (Lipinski definition) is 1. The van der Waals surface area contributed by atoms with Crippen LogP contribution in [0.1, 0.15) is 0 Å². The first-order chi connectivity index (χ1) is 16.2. The number of phenolic OH excluding ortho intramolecular Hbond substituents is 1. The molecule has 5 rings (SSSR count). The highest BCUT2D eigenvalue weighted by Crippen LogP contribution is 2.40. The molecule has 0 fully saturated rings. The molecular weight excluding hydrogens is 426 g/mol. The second kappa shape index (κ2) is 9.23. The Hall–Kier alpha value is -4.01. The molecule has 0 aliphatic rings.